The minimum Gasteiger partial charge on any atom is -0.493 e. The number of ether oxygens (including phenoxy) is 1. The van der Waals surface area contributed by atoms with Crippen LogP contribution in [0, 0.1) is 24.2 Å². The monoisotopic (exact) mass is 508 g/mol. The number of amides is 2. The van der Waals surface area contributed by atoms with E-state index in [4.69, 9.17) is 9.84 Å². The highest BCUT2D eigenvalue weighted by atomic mass is 16.5. The molecule has 4 rings (SSSR count). The van der Waals surface area contributed by atoms with Gasteiger partial charge in [-0.3, -0.25) is 14.5 Å². The zero-order valence-electron chi connectivity index (χ0n) is 22.6. The Labute approximate surface area is 223 Å². The molecule has 0 spiro atoms. The normalized spacial score (nSPS) is 15.1. The lowest BCUT2D eigenvalue weighted by molar-refractivity contribution is -0.142. The Bertz CT molecular complexity index is 1490. The van der Waals surface area contributed by atoms with E-state index in [-0.39, 0.29) is 11.6 Å². The van der Waals surface area contributed by atoms with E-state index in [2.05, 4.69) is 13.8 Å². The maximum absolute atomic E-state index is 13.5. The summed E-state index contributed by atoms with van der Waals surface area (Å²) in [4.78, 5) is 27.4. The Morgan fingerprint density at radius 2 is 1.74 bits per heavy atom. The van der Waals surface area contributed by atoms with E-state index in [1.807, 2.05) is 67.7 Å². The van der Waals surface area contributed by atoms with Crippen LogP contribution in [0.1, 0.15) is 45.7 Å². The van der Waals surface area contributed by atoms with Gasteiger partial charge in [-0.2, -0.15) is 10.4 Å². The lowest BCUT2D eigenvalue weighted by Gasteiger charge is -2.30. The molecule has 38 heavy (non-hydrogen) atoms. The van der Waals surface area contributed by atoms with Gasteiger partial charge in [0.1, 0.15) is 17.4 Å². The van der Waals surface area contributed by atoms with Crippen LogP contribution in [0.2, 0.25) is 0 Å². The smallest absolute Gasteiger partial charge is 0.271 e. The molecule has 7 nitrogen and oxygen atoms in total. The minimum atomic E-state index is -0.560. The quantitative estimate of drug-likeness (QED) is 0.294. The molecule has 1 aromatic heterocycles. The van der Waals surface area contributed by atoms with Gasteiger partial charge in [-0.1, -0.05) is 32.0 Å². The molecule has 0 atom stereocenters. The third kappa shape index (κ3) is 5.16. The predicted octanol–water partition coefficient (Wildman–Crippen LogP) is 5.88. The Hall–Kier alpha value is -4.44. The molecule has 194 valence electrons. The number of nitriles is 1. The van der Waals surface area contributed by atoms with Crippen molar-refractivity contribution in [1.29, 1.82) is 5.26 Å². The molecule has 0 bridgehead atoms. The number of aromatic nitrogens is 2. The number of carbonyl (C=O) groups is 2. The van der Waals surface area contributed by atoms with E-state index >= 15 is 0 Å². The van der Waals surface area contributed by atoms with Crippen molar-refractivity contribution in [3.05, 3.63) is 82.6 Å². The summed E-state index contributed by atoms with van der Waals surface area (Å²) >= 11 is 0. The fourth-order valence-corrected chi connectivity index (χ4v) is 4.37. The van der Waals surface area contributed by atoms with Crippen molar-refractivity contribution < 1.29 is 14.3 Å². The van der Waals surface area contributed by atoms with E-state index in [0.29, 0.717) is 34.9 Å². The summed E-state index contributed by atoms with van der Waals surface area (Å²) in [7, 11) is 0. The van der Waals surface area contributed by atoms with E-state index < -0.39 is 11.8 Å². The van der Waals surface area contributed by atoms with Gasteiger partial charge in [0.05, 0.1) is 18.0 Å². The van der Waals surface area contributed by atoms with Gasteiger partial charge in [-0.05, 0) is 81.2 Å². The number of rotatable bonds is 7. The first-order valence-corrected chi connectivity index (χ1v) is 12.7. The van der Waals surface area contributed by atoms with Gasteiger partial charge < -0.3 is 4.74 Å². The number of hydrogen-bond donors (Lipinski definition) is 0. The second-order valence-electron chi connectivity index (χ2n) is 10.1. The molecular formula is C31H32N4O3. The van der Waals surface area contributed by atoms with Gasteiger partial charge in [-0.25, -0.2) is 4.68 Å². The molecule has 2 heterocycles. The Morgan fingerprint density at radius 3 is 2.34 bits per heavy atom. The van der Waals surface area contributed by atoms with Crippen molar-refractivity contribution in [2.75, 3.05) is 6.61 Å². The number of imide groups is 1. The number of benzene rings is 2. The molecule has 1 aliphatic heterocycles. The Morgan fingerprint density at radius 1 is 1.03 bits per heavy atom. The summed E-state index contributed by atoms with van der Waals surface area (Å²) in [5.41, 5.74) is 4.72. The number of carbonyl (C=O) groups excluding carboxylic acids is 2. The molecule has 0 unspecified atom stereocenters. The fourth-order valence-electron chi connectivity index (χ4n) is 4.37. The fraction of sp³-hybridized carbons (Fsp3) is 0.290. The molecule has 0 saturated carbocycles. The predicted molar refractivity (Wildman–Crippen MR) is 147 cm³/mol. The molecule has 0 radical (unpaired) electrons. The standard InChI is InChI=1S/C31H32N4O3/c1-19(2)18-38-28-13-12-23(14-21(28)5)29-24(17-34(33-29)25-10-8-7-9-11-25)15-26-22(6)27(16-32)31(37)35(20(3)4)30(26)36/h7-15,17,19-20H,18H2,1-6H3/b26-15+. The van der Waals surface area contributed by atoms with Crippen LogP contribution in [-0.2, 0) is 9.59 Å². The maximum Gasteiger partial charge on any atom is 0.271 e. The van der Waals surface area contributed by atoms with E-state index in [1.165, 1.54) is 0 Å². The summed E-state index contributed by atoms with van der Waals surface area (Å²) < 4.78 is 7.72. The highest BCUT2D eigenvalue weighted by molar-refractivity contribution is 6.20. The van der Waals surface area contributed by atoms with Gasteiger partial charge in [0.2, 0.25) is 0 Å². The lowest BCUT2D eigenvalue weighted by Crippen LogP contribution is -2.46. The number of hydrogen-bond acceptors (Lipinski definition) is 5. The van der Waals surface area contributed by atoms with Crippen LogP contribution in [0.5, 0.6) is 5.75 Å². The van der Waals surface area contributed by atoms with E-state index in [9.17, 15) is 14.9 Å². The molecule has 0 N–H and O–H groups in total. The first-order valence-electron chi connectivity index (χ1n) is 12.7. The van der Waals surface area contributed by atoms with Crippen LogP contribution in [0.15, 0.2) is 71.4 Å². The van der Waals surface area contributed by atoms with Crippen LogP contribution in [0.25, 0.3) is 23.0 Å². The van der Waals surface area contributed by atoms with Crippen molar-refractivity contribution in [3.63, 3.8) is 0 Å². The Kier molecular flexibility index (Phi) is 7.63. The molecule has 0 aliphatic carbocycles. The number of aryl methyl sites for hydroxylation is 1. The van der Waals surface area contributed by atoms with Crippen LogP contribution >= 0.6 is 0 Å². The summed E-state index contributed by atoms with van der Waals surface area (Å²) in [5.74, 6) is 0.244. The highest BCUT2D eigenvalue weighted by Crippen LogP contribution is 2.33. The summed E-state index contributed by atoms with van der Waals surface area (Å²) in [6.45, 7) is 12.0. The minimum absolute atomic E-state index is 0.0240. The topological polar surface area (TPSA) is 88.2 Å². The molecule has 7 heteroatoms. The zero-order chi connectivity index (χ0) is 27.6. The van der Waals surface area contributed by atoms with Gasteiger partial charge in [-0.15, -0.1) is 0 Å². The first-order chi connectivity index (χ1) is 18.1. The Balaban J connectivity index is 1.88. The molecule has 2 amide bonds. The molecule has 2 aromatic carbocycles. The van der Waals surface area contributed by atoms with Gasteiger partial charge in [0.15, 0.2) is 0 Å². The maximum atomic E-state index is 13.5. The molecule has 3 aromatic rings. The average Bonchev–Trinajstić information content (AvgIpc) is 3.30. The van der Waals surface area contributed by atoms with E-state index in [1.54, 1.807) is 31.5 Å². The van der Waals surface area contributed by atoms with Gasteiger partial charge in [0.25, 0.3) is 11.8 Å². The van der Waals surface area contributed by atoms with Crippen LogP contribution < -0.4 is 4.74 Å². The van der Waals surface area contributed by atoms with Crippen molar-refractivity contribution in [2.24, 2.45) is 5.92 Å². The zero-order valence-corrected chi connectivity index (χ0v) is 22.6. The second kappa shape index (κ2) is 10.9. The van der Waals surface area contributed by atoms with Gasteiger partial charge in [0, 0.05) is 28.9 Å². The second-order valence-corrected chi connectivity index (χ2v) is 10.1. The molecule has 0 fully saturated rings. The van der Waals surface area contributed by atoms with E-state index in [0.717, 1.165) is 27.5 Å². The molecule has 1 aliphatic rings. The lowest BCUT2D eigenvalue weighted by atomic mass is 9.92. The van der Waals surface area contributed by atoms with Gasteiger partial charge >= 0.3 is 0 Å². The van der Waals surface area contributed by atoms with Crippen molar-refractivity contribution in [1.82, 2.24) is 14.7 Å². The van der Waals surface area contributed by atoms with Crippen molar-refractivity contribution in [2.45, 2.75) is 47.6 Å². The summed E-state index contributed by atoms with van der Waals surface area (Å²) in [6.07, 6.45) is 3.59. The van der Waals surface area contributed by atoms with Crippen molar-refractivity contribution >= 4 is 17.9 Å². The van der Waals surface area contributed by atoms with Crippen molar-refractivity contribution in [3.8, 4) is 28.8 Å². The third-order valence-corrected chi connectivity index (χ3v) is 6.37. The molecular weight excluding hydrogens is 476 g/mol. The molecule has 0 saturated heterocycles. The summed E-state index contributed by atoms with van der Waals surface area (Å²) in [6, 6.07) is 17.2. The highest BCUT2D eigenvalue weighted by Gasteiger charge is 2.37. The number of para-hydroxylation sites is 1. The SMILES string of the molecule is CC1=C(C#N)C(=O)N(C(C)C)C(=O)/C1=C/c1cn(-c2ccccc2)nc1-c1ccc(OCC(C)C)c(C)c1. The van der Waals surface area contributed by atoms with Crippen LogP contribution in [0.4, 0.5) is 0 Å². The summed E-state index contributed by atoms with van der Waals surface area (Å²) in [5, 5.41) is 14.6. The number of nitrogens with zero attached hydrogens (tertiary/aromatic N) is 4. The average molecular weight is 509 g/mol. The largest absolute Gasteiger partial charge is 0.493 e. The van der Waals surface area contributed by atoms with Crippen LogP contribution in [0.3, 0.4) is 0 Å². The van der Waals surface area contributed by atoms with Crippen LogP contribution in [-0.4, -0.2) is 39.1 Å². The third-order valence-electron chi connectivity index (χ3n) is 6.37. The first kappa shape index (κ1) is 26.6.